The maximum Gasteiger partial charge on any atom is 0.463 e. The Morgan fingerprint density at radius 2 is 1.79 bits per heavy atom. The van der Waals surface area contributed by atoms with E-state index >= 15 is 0 Å². The summed E-state index contributed by atoms with van der Waals surface area (Å²) < 4.78 is 62.6. The number of carbonyl (C=O) groups excluding carboxylic acids is 1. The van der Waals surface area contributed by atoms with Crippen LogP contribution in [0.25, 0.3) is 0 Å². The standard InChI is InChI=1S/C10H12F5N3O/c1-5-7(6(2)18(3)17-5)4-16-8(19)9(11,12)10(13,14)15/h4H2,1-3H3,(H,16,19). The van der Waals surface area contributed by atoms with Gasteiger partial charge in [0.05, 0.1) is 5.69 Å². The van der Waals surface area contributed by atoms with Crippen molar-refractivity contribution in [1.82, 2.24) is 15.1 Å². The first-order valence-electron chi connectivity index (χ1n) is 5.20. The Bertz CT molecular complexity index is 492. The minimum Gasteiger partial charge on any atom is -0.346 e. The molecule has 0 aliphatic carbocycles. The highest BCUT2D eigenvalue weighted by atomic mass is 19.4. The van der Waals surface area contributed by atoms with E-state index in [2.05, 4.69) is 5.10 Å². The third-order valence-electron chi connectivity index (χ3n) is 2.73. The van der Waals surface area contributed by atoms with Gasteiger partial charge in [0, 0.05) is 24.8 Å². The molecule has 1 amide bonds. The molecule has 1 rings (SSSR count). The lowest BCUT2D eigenvalue weighted by Gasteiger charge is -2.18. The van der Waals surface area contributed by atoms with Crippen LogP contribution < -0.4 is 5.32 Å². The number of alkyl halides is 5. The van der Waals surface area contributed by atoms with Crippen molar-refractivity contribution in [1.29, 1.82) is 0 Å². The van der Waals surface area contributed by atoms with Gasteiger partial charge in [-0.15, -0.1) is 0 Å². The summed E-state index contributed by atoms with van der Waals surface area (Å²) in [6, 6.07) is 0. The fourth-order valence-electron chi connectivity index (χ4n) is 1.48. The number of nitrogens with one attached hydrogen (secondary N) is 1. The third kappa shape index (κ3) is 2.85. The quantitative estimate of drug-likeness (QED) is 0.862. The molecule has 19 heavy (non-hydrogen) atoms. The largest absolute Gasteiger partial charge is 0.463 e. The Labute approximate surface area is 105 Å². The van der Waals surface area contributed by atoms with E-state index in [1.54, 1.807) is 26.2 Å². The molecule has 0 fully saturated rings. The van der Waals surface area contributed by atoms with Gasteiger partial charge in [0.25, 0.3) is 0 Å². The first-order valence-corrected chi connectivity index (χ1v) is 5.20. The van der Waals surface area contributed by atoms with Crippen molar-refractivity contribution in [2.45, 2.75) is 32.5 Å². The second-order valence-corrected chi connectivity index (χ2v) is 4.03. The van der Waals surface area contributed by atoms with E-state index in [9.17, 15) is 26.7 Å². The molecule has 4 nitrogen and oxygen atoms in total. The van der Waals surface area contributed by atoms with Gasteiger partial charge >= 0.3 is 18.0 Å². The molecule has 0 saturated carbocycles. The molecular weight excluding hydrogens is 273 g/mol. The Kier molecular flexibility index (Phi) is 3.87. The van der Waals surface area contributed by atoms with E-state index < -0.39 is 24.6 Å². The number of carbonyl (C=O) groups is 1. The van der Waals surface area contributed by atoms with Gasteiger partial charge in [0.1, 0.15) is 0 Å². The van der Waals surface area contributed by atoms with E-state index in [1.807, 2.05) is 0 Å². The predicted octanol–water partition coefficient (Wildman–Crippen LogP) is 1.85. The summed E-state index contributed by atoms with van der Waals surface area (Å²) in [5.41, 5.74) is 1.44. The smallest absolute Gasteiger partial charge is 0.346 e. The monoisotopic (exact) mass is 285 g/mol. The lowest BCUT2D eigenvalue weighted by molar-refractivity contribution is -0.269. The molecule has 9 heteroatoms. The Balaban J connectivity index is 2.80. The third-order valence-corrected chi connectivity index (χ3v) is 2.73. The molecule has 0 atom stereocenters. The summed E-state index contributed by atoms with van der Waals surface area (Å²) in [5.74, 6) is -7.78. The molecule has 1 heterocycles. The number of halogens is 5. The lowest BCUT2D eigenvalue weighted by atomic mass is 10.2. The number of rotatable bonds is 3. The molecule has 1 N–H and O–H groups in total. The van der Waals surface area contributed by atoms with Gasteiger partial charge in [-0.2, -0.15) is 27.1 Å². The predicted molar refractivity (Wildman–Crippen MR) is 55.5 cm³/mol. The SMILES string of the molecule is Cc1nn(C)c(C)c1CNC(=O)C(F)(F)C(F)(F)F. The van der Waals surface area contributed by atoms with Crippen molar-refractivity contribution in [3.63, 3.8) is 0 Å². The number of aryl methyl sites for hydroxylation is 2. The fourth-order valence-corrected chi connectivity index (χ4v) is 1.48. The van der Waals surface area contributed by atoms with Gasteiger partial charge in [-0.3, -0.25) is 9.48 Å². The molecule has 0 bridgehead atoms. The minimum absolute atomic E-state index is 0.411. The van der Waals surface area contributed by atoms with Crippen molar-refractivity contribution in [3.05, 3.63) is 17.0 Å². The summed E-state index contributed by atoms with van der Waals surface area (Å²) >= 11 is 0. The van der Waals surface area contributed by atoms with Crippen molar-refractivity contribution in [2.24, 2.45) is 7.05 Å². The first kappa shape index (κ1) is 15.4. The molecule has 0 unspecified atom stereocenters. The second kappa shape index (κ2) is 4.78. The summed E-state index contributed by atoms with van der Waals surface area (Å²) in [7, 11) is 1.60. The van der Waals surface area contributed by atoms with Gasteiger partial charge in [-0.25, -0.2) is 0 Å². The van der Waals surface area contributed by atoms with Crippen LogP contribution in [-0.4, -0.2) is 27.8 Å². The first-order chi connectivity index (χ1) is 8.48. The van der Waals surface area contributed by atoms with Crippen LogP contribution in [0.1, 0.15) is 17.0 Å². The van der Waals surface area contributed by atoms with Crippen molar-refractivity contribution in [2.75, 3.05) is 0 Å². The normalized spacial score (nSPS) is 12.6. The van der Waals surface area contributed by atoms with Crippen LogP contribution in [-0.2, 0) is 18.4 Å². The summed E-state index contributed by atoms with van der Waals surface area (Å²) in [4.78, 5) is 10.9. The van der Waals surface area contributed by atoms with Crippen LogP contribution in [0, 0.1) is 13.8 Å². The maximum absolute atomic E-state index is 12.7. The molecule has 1 aromatic heterocycles. The molecule has 0 radical (unpaired) electrons. The van der Waals surface area contributed by atoms with Crippen LogP contribution in [0.15, 0.2) is 0 Å². The highest BCUT2D eigenvalue weighted by Crippen LogP contribution is 2.35. The number of hydrogen-bond donors (Lipinski definition) is 1. The molecule has 0 aliphatic rings. The maximum atomic E-state index is 12.7. The Morgan fingerprint density at radius 1 is 1.26 bits per heavy atom. The summed E-state index contributed by atoms with van der Waals surface area (Å²) in [6.07, 6.45) is -5.91. The van der Waals surface area contributed by atoms with Gasteiger partial charge in [-0.1, -0.05) is 0 Å². The summed E-state index contributed by atoms with van der Waals surface area (Å²) in [6.45, 7) is 2.75. The Morgan fingerprint density at radius 3 is 2.16 bits per heavy atom. The molecule has 0 saturated heterocycles. The van der Waals surface area contributed by atoms with E-state index in [1.165, 1.54) is 4.68 Å². The van der Waals surface area contributed by atoms with Gasteiger partial charge in [0.2, 0.25) is 0 Å². The lowest BCUT2D eigenvalue weighted by Crippen LogP contribution is -2.50. The molecule has 1 aromatic rings. The van der Waals surface area contributed by atoms with Gasteiger partial charge in [0.15, 0.2) is 0 Å². The zero-order valence-electron chi connectivity index (χ0n) is 10.4. The molecule has 0 aromatic carbocycles. The number of aromatic nitrogens is 2. The number of hydrogen-bond acceptors (Lipinski definition) is 2. The number of nitrogens with zero attached hydrogens (tertiary/aromatic N) is 2. The fraction of sp³-hybridized carbons (Fsp3) is 0.600. The average molecular weight is 285 g/mol. The zero-order chi connectivity index (χ0) is 15.0. The highest BCUT2D eigenvalue weighted by molar-refractivity contribution is 5.84. The van der Waals surface area contributed by atoms with Crippen LogP contribution >= 0.6 is 0 Å². The van der Waals surface area contributed by atoms with Crippen LogP contribution in [0.3, 0.4) is 0 Å². The van der Waals surface area contributed by atoms with Crippen LogP contribution in [0.5, 0.6) is 0 Å². The van der Waals surface area contributed by atoms with E-state index in [-0.39, 0.29) is 0 Å². The average Bonchev–Trinajstić information content (AvgIpc) is 2.49. The van der Waals surface area contributed by atoms with Crippen molar-refractivity contribution in [3.8, 4) is 0 Å². The van der Waals surface area contributed by atoms with E-state index in [0.29, 0.717) is 17.0 Å². The molecular formula is C10H12F5N3O. The second-order valence-electron chi connectivity index (χ2n) is 4.03. The van der Waals surface area contributed by atoms with Gasteiger partial charge < -0.3 is 5.32 Å². The summed E-state index contributed by atoms with van der Waals surface area (Å²) in [5, 5.41) is 5.53. The Hall–Kier alpha value is -1.67. The topological polar surface area (TPSA) is 46.9 Å². The number of amides is 1. The molecule has 0 aliphatic heterocycles. The van der Waals surface area contributed by atoms with E-state index in [0.717, 1.165) is 0 Å². The van der Waals surface area contributed by atoms with E-state index in [4.69, 9.17) is 0 Å². The van der Waals surface area contributed by atoms with Crippen LogP contribution in [0.4, 0.5) is 22.0 Å². The highest BCUT2D eigenvalue weighted by Gasteiger charge is 2.63. The zero-order valence-corrected chi connectivity index (χ0v) is 10.4. The minimum atomic E-state index is -5.91. The van der Waals surface area contributed by atoms with Crippen molar-refractivity contribution < 1.29 is 26.7 Å². The molecule has 0 spiro atoms. The van der Waals surface area contributed by atoms with Crippen LogP contribution in [0.2, 0.25) is 0 Å². The van der Waals surface area contributed by atoms with Crippen molar-refractivity contribution >= 4 is 5.91 Å². The molecule has 108 valence electrons. The van der Waals surface area contributed by atoms with Gasteiger partial charge in [-0.05, 0) is 13.8 Å².